The highest BCUT2D eigenvalue weighted by molar-refractivity contribution is 6.32. The average Bonchev–Trinajstić information content (AvgIpc) is 2.93. The van der Waals surface area contributed by atoms with E-state index in [4.69, 9.17) is 11.6 Å². The Labute approximate surface area is 232 Å². The molecule has 0 saturated carbocycles. The number of phenolic OH excluding ortho intramolecular Hbond substituents is 1. The Morgan fingerprint density at radius 3 is 2.42 bits per heavy atom. The summed E-state index contributed by atoms with van der Waals surface area (Å²) in [5, 5.41) is 17.2. The minimum absolute atomic E-state index is 0.0477. The first-order valence-corrected chi connectivity index (χ1v) is 12.9. The van der Waals surface area contributed by atoms with Crippen molar-refractivity contribution in [2.75, 3.05) is 19.6 Å². The molecule has 1 saturated heterocycles. The number of hydrogen-bond donors (Lipinski definition) is 3. The zero-order valence-corrected chi connectivity index (χ0v) is 21.9. The zero-order valence-electron chi connectivity index (χ0n) is 21.2. The minimum atomic E-state index is -4.91. The highest BCUT2D eigenvalue weighted by Gasteiger charge is 2.38. The predicted octanol–water partition coefficient (Wildman–Crippen LogP) is 4.42. The van der Waals surface area contributed by atoms with Crippen LogP contribution in [0, 0.1) is 5.92 Å². The van der Waals surface area contributed by atoms with Gasteiger partial charge in [-0.1, -0.05) is 48.0 Å². The van der Waals surface area contributed by atoms with Gasteiger partial charge in [0.05, 0.1) is 17.7 Å². The van der Waals surface area contributed by atoms with Gasteiger partial charge in [-0.25, -0.2) is 5.43 Å². The fraction of sp³-hybridized carbons (Fsp3) is 0.286. The van der Waals surface area contributed by atoms with Crippen molar-refractivity contribution in [1.82, 2.24) is 15.6 Å². The van der Waals surface area contributed by atoms with Gasteiger partial charge in [-0.05, 0) is 53.3 Å². The fourth-order valence-electron chi connectivity index (χ4n) is 4.52. The largest absolute Gasteiger partial charge is 0.506 e. The quantitative estimate of drug-likeness (QED) is 0.286. The molecule has 0 atom stereocenters. The van der Waals surface area contributed by atoms with E-state index in [2.05, 4.69) is 10.5 Å². The number of carbonyl (C=O) groups excluding carboxylic acids is 3. The SMILES string of the molecule is O=C(NN=Cc1ccc(CC(=O)N2CCC(CNC(=O)C(F)(F)F)CC2)c2ccccc12)c1ccc(O)c(Cl)c1. The van der Waals surface area contributed by atoms with Gasteiger partial charge in [-0.15, -0.1) is 0 Å². The van der Waals surface area contributed by atoms with E-state index in [1.165, 1.54) is 24.4 Å². The Balaban J connectivity index is 1.37. The molecular formula is C28H26ClF3N4O4. The van der Waals surface area contributed by atoms with Gasteiger partial charge in [0.25, 0.3) is 5.91 Å². The molecule has 210 valence electrons. The molecule has 1 heterocycles. The maximum atomic E-state index is 13.0. The first-order valence-electron chi connectivity index (χ1n) is 12.5. The van der Waals surface area contributed by atoms with Gasteiger partial charge in [0.15, 0.2) is 0 Å². The summed E-state index contributed by atoms with van der Waals surface area (Å²) >= 11 is 5.85. The first kappa shape index (κ1) is 28.9. The van der Waals surface area contributed by atoms with Crippen LogP contribution in [0.15, 0.2) is 59.7 Å². The van der Waals surface area contributed by atoms with Crippen LogP contribution >= 0.6 is 11.6 Å². The molecule has 1 fully saturated rings. The lowest BCUT2D eigenvalue weighted by atomic mass is 9.95. The van der Waals surface area contributed by atoms with Gasteiger partial charge < -0.3 is 15.3 Å². The molecule has 3 amide bonds. The molecule has 0 unspecified atom stereocenters. The number of aromatic hydroxyl groups is 1. The van der Waals surface area contributed by atoms with E-state index < -0.39 is 18.0 Å². The lowest BCUT2D eigenvalue weighted by Gasteiger charge is -2.32. The summed E-state index contributed by atoms with van der Waals surface area (Å²) in [6, 6.07) is 15.2. The number of rotatable bonds is 7. The number of piperidine rings is 1. The second kappa shape index (κ2) is 12.4. The summed E-state index contributed by atoms with van der Waals surface area (Å²) in [7, 11) is 0. The van der Waals surface area contributed by atoms with Crippen molar-refractivity contribution >= 4 is 46.3 Å². The Kier molecular flexibility index (Phi) is 8.93. The zero-order chi connectivity index (χ0) is 28.9. The van der Waals surface area contributed by atoms with E-state index in [1.807, 2.05) is 35.6 Å². The average molecular weight is 575 g/mol. The molecule has 0 bridgehead atoms. The number of nitrogens with one attached hydrogen (secondary N) is 2. The van der Waals surface area contributed by atoms with Crippen molar-refractivity contribution < 1.29 is 32.7 Å². The molecule has 12 heteroatoms. The second-order valence-electron chi connectivity index (χ2n) is 9.43. The molecule has 0 aromatic heterocycles. The number of hydrazone groups is 1. The molecule has 3 N–H and O–H groups in total. The van der Waals surface area contributed by atoms with Crippen molar-refractivity contribution in [1.29, 1.82) is 0 Å². The number of benzene rings is 3. The normalized spacial score (nSPS) is 14.4. The number of amides is 3. The Morgan fingerprint density at radius 1 is 1.05 bits per heavy atom. The highest BCUT2D eigenvalue weighted by Crippen LogP contribution is 2.25. The van der Waals surface area contributed by atoms with Crippen LogP contribution in [0.3, 0.4) is 0 Å². The summed E-state index contributed by atoms with van der Waals surface area (Å²) in [5.41, 5.74) is 4.18. The van der Waals surface area contributed by atoms with Crippen molar-refractivity contribution in [3.05, 3.63) is 76.3 Å². The molecule has 3 aromatic rings. The molecule has 0 aliphatic carbocycles. The maximum Gasteiger partial charge on any atom is 0.471 e. The van der Waals surface area contributed by atoms with Crippen molar-refractivity contribution in [2.45, 2.75) is 25.4 Å². The molecule has 0 radical (unpaired) electrons. The summed E-state index contributed by atoms with van der Waals surface area (Å²) in [4.78, 5) is 38.1. The number of likely N-dealkylation sites (tertiary alicyclic amines) is 1. The van der Waals surface area contributed by atoms with Gasteiger partial charge >= 0.3 is 12.1 Å². The second-order valence-corrected chi connectivity index (χ2v) is 9.84. The van der Waals surface area contributed by atoms with Crippen LogP contribution in [-0.2, 0) is 16.0 Å². The van der Waals surface area contributed by atoms with E-state index in [9.17, 15) is 32.7 Å². The summed E-state index contributed by atoms with van der Waals surface area (Å²) in [6.45, 7) is 0.733. The summed E-state index contributed by atoms with van der Waals surface area (Å²) < 4.78 is 37.2. The lowest BCUT2D eigenvalue weighted by Crippen LogP contribution is -2.44. The Bertz CT molecular complexity index is 1450. The number of nitrogens with zero attached hydrogens (tertiary/aromatic N) is 2. The van der Waals surface area contributed by atoms with Gasteiger partial charge in [-0.3, -0.25) is 14.4 Å². The number of halogens is 4. The molecular weight excluding hydrogens is 549 g/mol. The molecule has 0 spiro atoms. The van der Waals surface area contributed by atoms with E-state index in [0.29, 0.717) is 25.9 Å². The monoisotopic (exact) mass is 574 g/mol. The third kappa shape index (κ3) is 7.09. The molecule has 8 nitrogen and oxygen atoms in total. The minimum Gasteiger partial charge on any atom is -0.506 e. The number of hydrogen-bond acceptors (Lipinski definition) is 5. The van der Waals surface area contributed by atoms with E-state index in [-0.39, 0.29) is 41.1 Å². The molecule has 3 aromatic carbocycles. The third-order valence-electron chi connectivity index (χ3n) is 6.75. The van der Waals surface area contributed by atoms with Gasteiger partial charge in [0, 0.05) is 30.8 Å². The predicted molar refractivity (Wildman–Crippen MR) is 144 cm³/mol. The summed E-state index contributed by atoms with van der Waals surface area (Å²) in [5.74, 6) is -2.80. The molecule has 4 rings (SSSR count). The van der Waals surface area contributed by atoms with Crippen LogP contribution < -0.4 is 10.7 Å². The molecule has 1 aliphatic heterocycles. The highest BCUT2D eigenvalue weighted by atomic mass is 35.5. The van der Waals surface area contributed by atoms with Gasteiger partial charge in [-0.2, -0.15) is 18.3 Å². The van der Waals surface area contributed by atoms with Crippen LogP contribution in [0.5, 0.6) is 5.75 Å². The van der Waals surface area contributed by atoms with Crippen LogP contribution in [0.4, 0.5) is 13.2 Å². The van der Waals surface area contributed by atoms with Crippen LogP contribution in [0.2, 0.25) is 5.02 Å². The lowest BCUT2D eigenvalue weighted by molar-refractivity contribution is -0.173. The molecule has 1 aliphatic rings. The number of fused-ring (bicyclic) bond motifs is 1. The third-order valence-corrected chi connectivity index (χ3v) is 7.05. The number of carbonyl (C=O) groups is 3. The first-order chi connectivity index (χ1) is 19.0. The van der Waals surface area contributed by atoms with Gasteiger partial charge in [0.2, 0.25) is 5.91 Å². The maximum absolute atomic E-state index is 13.0. The fourth-order valence-corrected chi connectivity index (χ4v) is 4.70. The topological polar surface area (TPSA) is 111 Å². The number of alkyl halides is 3. The van der Waals surface area contributed by atoms with Gasteiger partial charge in [0.1, 0.15) is 5.75 Å². The van der Waals surface area contributed by atoms with E-state index in [0.717, 1.165) is 21.9 Å². The Hall–Kier alpha value is -4.12. The Morgan fingerprint density at radius 2 is 1.75 bits per heavy atom. The summed E-state index contributed by atoms with van der Waals surface area (Å²) in [6.07, 6.45) is -2.26. The standard InChI is InChI=1S/C28H26ClF3N4O4/c29-23-13-19(7-8-24(23)37)26(39)35-34-16-20-6-5-18(21-3-1-2-4-22(20)21)14-25(38)36-11-9-17(10-12-36)15-33-27(40)28(30,31)32/h1-8,13,16-17,37H,9-12,14-15H2,(H,33,40)(H,35,39). The van der Waals surface area contributed by atoms with Crippen molar-refractivity contribution in [2.24, 2.45) is 11.0 Å². The number of phenols is 1. The smallest absolute Gasteiger partial charge is 0.471 e. The van der Waals surface area contributed by atoms with Crippen molar-refractivity contribution in [3.63, 3.8) is 0 Å². The van der Waals surface area contributed by atoms with Crippen LogP contribution in [0.25, 0.3) is 10.8 Å². The van der Waals surface area contributed by atoms with E-state index in [1.54, 1.807) is 11.0 Å². The van der Waals surface area contributed by atoms with Crippen LogP contribution in [0.1, 0.15) is 34.3 Å². The molecule has 40 heavy (non-hydrogen) atoms. The van der Waals surface area contributed by atoms with Crippen molar-refractivity contribution in [3.8, 4) is 5.75 Å². The van der Waals surface area contributed by atoms with E-state index >= 15 is 0 Å². The van der Waals surface area contributed by atoms with Crippen LogP contribution in [-0.4, -0.2) is 59.8 Å².